The van der Waals surface area contributed by atoms with Crippen molar-refractivity contribution in [3.8, 4) is 5.75 Å². The number of hydrogen-bond acceptors (Lipinski definition) is 2. The predicted octanol–water partition coefficient (Wildman–Crippen LogP) is 4.52. The van der Waals surface area contributed by atoms with Crippen LogP contribution in [-0.4, -0.2) is 17.0 Å². The standard InChI is InChI=1S/C19H20N2O2/c1-12(2)23-18-7-5-4-6-16(18)21-19(22)17-11-14-10-13(3)8-9-15(14)20-17/h4-12,20H,1-3H3,(H,21,22). The lowest BCUT2D eigenvalue weighted by Crippen LogP contribution is -2.14. The van der Waals surface area contributed by atoms with Gasteiger partial charge in [0.25, 0.3) is 5.91 Å². The molecule has 0 saturated carbocycles. The van der Waals surface area contributed by atoms with Crippen molar-refractivity contribution in [3.05, 3.63) is 59.8 Å². The molecule has 118 valence electrons. The normalized spacial score (nSPS) is 11.0. The van der Waals surface area contributed by atoms with Gasteiger partial charge in [-0.25, -0.2) is 0 Å². The van der Waals surface area contributed by atoms with Crippen LogP contribution < -0.4 is 10.1 Å². The van der Waals surface area contributed by atoms with Gasteiger partial charge in [-0.1, -0.05) is 23.8 Å². The van der Waals surface area contributed by atoms with E-state index >= 15 is 0 Å². The Morgan fingerprint density at radius 1 is 1.13 bits per heavy atom. The zero-order chi connectivity index (χ0) is 16.4. The third-order valence-electron chi connectivity index (χ3n) is 3.52. The Bertz CT molecular complexity index is 849. The van der Waals surface area contributed by atoms with Crippen LogP contribution in [0.15, 0.2) is 48.5 Å². The first-order valence-electron chi connectivity index (χ1n) is 7.69. The number of aryl methyl sites for hydroxylation is 1. The van der Waals surface area contributed by atoms with E-state index in [1.54, 1.807) is 0 Å². The van der Waals surface area contributed by atoms with Gasteiger partial charge >= 0.3 is 0 Å². The van der Waals surface area contributed by atoms with E-state index in [1.165, 1.54) is 5.56 Å². The van der Waals surface area contributed by atoms with Gasteiger partial charge in [-0.3, -0.25) is 4.79 Å². The molecule has 4 nitrogen and oxygen atoms in total. The maximum atomic E-state index is 12.5. The average Bonchev–Trinajstić information content (AvgIpc) is 2.92. The second kappa shape index (κ2) is 6.16. The topological polar surface area (TPSA) is 54.1 Å². The molecule has 0 unspecified atom stereocenters. The van der Waals surface area contributed by atoms with Crippen LogP contribution in [0.3, 0.4) is 0 Å². The summed E-state index contributed by atoms with van der Waals surface area (Å²) < 4.78 is 5.73. The summed E-state index contributed by atoms with van der Waals surface area (Å²) in [6.45, 7) is 5.95. The molecule has 0 aliphatic heterocycles. The Balaban J connectivity index is 1.86. The van der Waals surface area contributed by atoms with Crippen LogP contribution in [0, 0.1) is 6.92 Å². The quantitative estimate of drug-likeness (QED) is 0.744. The highest BCUT2D eigenvalue weighted by molar-refractivity contribution is 6.06. The number of nitrogens with one attached hydrogen (secondary N) is 2. The number of aromatic nitrogens is 1. The van der Waals surface area contributed by atoms with Crippen LogP contribution in [0.5, 0.6) is 5.75 Å². The highest BCUT2D eigenvalue weighted by Gasteiger charge is 2.13. The zero-order valence-corrected chi connectivity index (χ0v) is 13.5. The van der Waals surface area contributed by atoms with Crippen molar-refractivity contribution >= 4 is 22.5 Å². The molecule has 1 heterocycles. The van der Waals surface area contributed by atoms with E-state index < -0.39 is 0 Å². The molecule has 4 heteroatoms. The first-order valence-corrected chi connectivity index (χ1v) is 7.69. The molecule has 1 aromatic heterocycles. The first kappa shape index (κ1) is 15.2. The summed E-state index contributed by atoms with van der Waals surface area (Å²) in [6, 6.07) is 15.4. The van der Waals surface area contributed by atoms with E-state index in [0.29, 0.717) is 17.1 Å². The highest BCUT2D eigenvalue weighted by Crippen LogP contribution is 2.26. The van der Waals surface area contributed by atoms with Crippen molar-refractivity contribution in [1.29, 1.82) is 0 Å². The van der Waals surface area contributed by atoms with Crippen LogP contribution in [0.4, 0.5) is 5.69 Å². The SMILES string of the molecule is Cc1ccc2[nH]c(C(=O)Nc3ccccc3OC(C)C)cc2c1. The molecule has 2 N–H and O–H groups in total. The molecule has 0 aliphatic rings. The van der Waals surface area contributed by atoms with Crippen molar-refractivity contribution in [2.45, 2.75) is 26.9 Å². The number of fused-ring (bicyclic) bond motifs is 1. The van der Waals surface area contributed by atoms with Crippen LogP contribution in [-0.2, 0) is 0 Å². The van der Waals surface area contributed by atoms with E-state index in [9.17, 15) is 4.79 Å². The van der Waals surface area contributed by atoms with Gasteiger partial charge in [-0.15, -0.1) is 0 Å². The summed E-state index contributed by atoms with van der Waals surface area (Å²) in [4.78, 5) is 15.7. The fourth-order valence-electron chi connectivity index (χ4n) is 2.49. The lowest BCUT2D eigenvalue weighted by atomic mass is 10.2. The Morgan fingerprint density at radius 3 is 2.70 bits per heavy atom. The molecule has 0 saturated heterocycles. The fraction of sp³-hybridized carbons (Fsp3) is 0.211. The van der Waals surface area contributed by atoms with Crippen molar-refractivity contribution < 1.29 is 9.53 Å². The van der Waals surface area contributed by atoms with Gasteiger partial charge in [0, 0.05) is 10.9 Å². The summed E-state index contributed by atoms with van der Waals surface area (Å²) in [6.07, 6.45) is 0.0455. The number of ether oxygens (including phenoxy) is 1. The minimum absolute atomic E-state index is 0.0455. The van der Waals surface area contributed by atoms with Gasteiger partial charge in [0.15, 0.2) is 0 Å². The zero-order valence-electron chi connectivity index (χ0n) is 13.5. The largest absolute Gasteiger partial charge is 0.489 e. The monoisotopic (exact) mass is 308 g/mol. The summed E-state index contributed by atoms with van der Waals surface area (Å²) >= 11 is 0. The van der Waals surface area contributed by atoms with Gasteiger partial charge in [0.05, 0.1) is 11.8 Å². The molecule has 0 aliphatic carbocycles. The second-order valence-electron chi connectivity index (χ2n) is 5.89. The fourth-order valence-corrected chi connectivity index (χ4v) is 2.49. The molecule has 2 aromatic carbocycles. The number of carbonyl (C=O) groups excluding carboxylic acids is 1. The first-order chi connectivity index (χ1) is 11.0. The predicted molar refractivity (Wildman–Crippen MR) is 93.2 cm³/mol. The number of carbonyl (C=O) groups is 1. The van der Waals surface area contributed by atoms with Crippen LogP contribution in [0.1, 0.15) is 29.9 Å². The molecule has 0 bridgehead atoms. The van der Waals surface area contributed by atoms with E-state index in [2.05, 4.69) is 16.4 Å². The van der Waals surface area contributed by atoms with Crippen molar-refractivity contribution in [3.63, 3.8) is 0 Å². The number of aromatic amines is 1. The van der Waals surface area contributed by atoms with Crippen LogP contribution >= 0.6 is 0 Å². The molecule has 0 fully saturated rings. The summed E-state index contributed by atoms with van der Waals surface area (Å²) in [5.74, 6) is 0.487. The van der Waals surface area contributed by atoms with E-state index in [0.717, 1.165) is 10.9 Å². The number of amides is 1. The third-order valence-corrected chi connectivity index (χ3v) is 3.52. The molecule has 23 heavy (non-hydrogen) atoms. The Hall–Kier alpha value is -2.75. The minimum atomic E-state index is -0.182. The van der Waals surface area contributed by atoms with Crippen LogP contribution in [0.2, 0.25) is 0 Å². The van der Waals surface area contributed by atoms with Gasteiger partial charge < -0.3 is 15.0 Å². The molecular weight excluding hydrogens is 288 g/mol. The Kier molecular flexibility index (Phi) is 4.06. The number of para-hydroxylation sites is 2. The van der Waals surface area contributed by atoms with Crippen molar-refractivity contribution in [2.75, 3.05) is 5.32 Å². The van der Waals surface area contributed by atoms with Crippen LogP contribution in [0.25, 0.3) is 10.9 Å². The lowest BCUT2D eigenvalue weighted by Gasteiger charge is -2.14. The molecule has 0 radical (unpaired) electrons. The summed E-state index contributed by atoms with van der Waals surface area (Å²) in [5.41, 5.74) is 3.32. The van der Waals surface area contributed by atoms with Crippen molar-refractivity contribution in [2.24, 2.45) is 0 Å². The van der Waals surface area contributed by atoms with E-state index in [1.807, 2.05) is 63.2 Å². The molecule has 0 spiro atoms. The second-order valence-corrected chi connectivity index (χ2v) is 5.89. The highest BCUT2D eigenvalue weighted by atomic mass is 16.5. The van der Waals surface area contributed by atoms with Gasteiger partial charge in [-0.05, 0) is 51.1 Å². The number of hydrogen-bond donors (Lipinski definition) is 2. The maximum absolute atomic E-state index is 12.5. The van der Waals surface area contributed by atoms with E-state index in [4.69, 9.17) is 4.74 Å². The number of H-pyrrole nitrogens is 1. The average molecular weight is 308 g/mol. The van der Waals surface area contributed by atoms with Gasteiger partial charge in [0.2, 0.25) is 0 Å². The molecule has 1 amide bonds. The molecular formula is C19H20N2O2. The maximum Gasteiger partial charge on any atom is 0.272 e. The van der Waals surface area contributed by atoms with E-state index in [-0.39, 0.29) is 12.0 Å². The molecule has 0 atom stereocenters. The third kappa shape index (κ3) is 3.37. The van der Waals surface area contributed by atoms with Gasteiger partial charge in [0.1, 0.15) is 11.4 Å². The van der Waals surface area contributed by atoms with Crippen molar-refractivity contribution in [1.82, 2.24) is 4.98 Å². The molecule has 3 aromatic rings. The number of anilines is 1. The Labute approximate surface area is 135 Å². The number of rotatable bonds is 4. The lowest BCUT2D eigenvalue weighted by molar-refractivity contribution is 0.102. The summed E-state index contributed by atoms with van der Waals surface area (Å²) in [5, 5.41) is 3.94. The Morgan fingerprint density at radius 2 is 1.91 bits per heavy atom. The minimum Gasteiger partial charge on any atom is -0.489 e. The molecule has 3 rings (SSSR count). The summed E-state index contributed by atoms with van der Waals surface area (Å²) in [7, 11) is 0. The smallest absolute Gasteiger partial charge is 0.272 e. The van der Waals surface area contributed by atoms with Gasteiger partial charge in [-0.2, -0.15) is 0 Å². The number of benzene rings is 2.